The molecule has 112 valence electrons. The molecule has 1 atom stereocenters. The van der Waals surface area contributed by atoms with Crippen LogP contribution in [0.25, 0.3) is 0 Å². The van der Waals surface area contributed by atoms with Crippen LogP contribution in [0.3, 0.4) is 0 Å². The van der Waals surface area contributed by atoms with Gasteiger partial charge in [-0.3, -0.25) is 9.59 Å². The van der Waals surface area contributed by atoms with Gasteiger partial charge >= 0.3 is 0 Å². The van der Waals surface area contributed by atoms with Crippen molar-refractivity contribution >= 4 is 23.2 Å². The number of hydrogen-bond donors (Lipinski definition) is 1. The van der Waals surface area contributed by atoms with Crippen LogP contribution in [0.4, 0.5) is 11.4 Å². The predicted molar refractivity (Wildman–Crippen MR) is 86.9 cm³/mol. The molecule has 1 aliphatic heterocycles. The zero-order valence-electron chi connectivity index (χ0n) is 12.7. The summed E-state index contributed by atoms with van der Waals surface area (Å²) in [4.78, 5) is 26.0. The SMILES string of the molecule is Cc1ccc(N[C@@H]2CC(=O)N(c3ccc(C)cc3)C2=O)cc1. The lowest BCUT2D eigenvalue weighted by Gasteiger charge is -2.16. The van der Waals surface area contributed by atoms with E-state index in [2.05, 4.69) is 5.32 Å². The zero-order valence-corrected chi connectivity index (χ0v) is 12.7. The Morgan fingerprint density at radius 3 is 2.05 bits per heavy atom. The summed E-state index contributed by atoms with van der Waals surface area (Å²) in [5.41, 5.74) is 3.73. The van der Waals surface area contributed by atoms with E-state index >= 15 is 0 Å². The fourth-order valence-electron chi connectivity index (χ4n) is 2.56. The molecule has 1 fully saturated rings. The number of aryl methyl sites for hydroxylation is 2. The maximum Gasteiger partial charge on any atom is 0.256 e. The fraction of sp³-hybridized carbons (Fsp3) is 0.222. The molecule has 0 spiro atoms. The third-order valence-corrected chi connectivity index (χ3v) is 3.83. The first kappa shape index (κ1) is 14.3. The number of hydrogen-bond acceptors (Lipinski definition) is 3. The van der Waals surface area contributed by atoms with Gasteiger partial charge in [0.1, 0.15) is 6.04 Å². The van der Waals surface area contributed by atoms with E-state index in [1.807, 2.05) is 50.2 Å². The average Bonchev–Trinajstić information content (AvgIpc) is 2.77. The number of imide groups is 1. The van der Waals surface area contributed by atoms with Crippen LogP contribution >= 0.6 is 0 Å². The van der Waals surface area contributed by atoms with Crippen molar-refractivity contribution in [3.05, 3.63) is 59.7 Å². The van der Waals surface area contributed by atoms with Gasteiger partial charge in [-0.2, -0.15) is 0 Å². The largest absolute Gasteiger partial charge is 0.373 e. The van der Waals surface area contributed by atoms with E-state index in [1.165, 1.54) is 4.90 Å². The lowest BCUT2D eigenvalue weighted by molar-refractivity contribution is -0.121. The average molecular weight is 294 g/mol. The Kier molecular flexibility index (Phi) is 3.67. The minimum Gasteiger partial charge on any atom is -0.373 e. The van der Waals surface area contributed by atoms with Gasteiger partial charge in [0, 0.05) is 5.69 Å². The van der Waals surface area contributed by atoms with Crippen molar-refractivity contribution in [1.29, 1.82) is 0 Å². The first-order chi connectivity index (χ1) is 10.5. The third kappa shape index (κ3) is 2.72. The van der Waals surface area contributed by atoms with Gasteiger partial charge in [0.15, 0.2) is 0 Å². The molecule has 22 heavy (non-hydrogen) atoms. The highest BCUT2D eigenvalue weighted by atomic mass is 16.2. The number of nitrogens with zero attached hydrogens (tertiary/aromatic N) is 1. The van der Waals surface area contributed by atoms with Crippen LogP contribution in [-0.4, -0.2) is 17.9 Å². The van der Waals surface area contributed by atoms with Crippen LogP contribution in [0.1, 0.15) is 17.5 Å². The minimum atomic E-state index is -0.503. The molecule has 1 heterocycles. The number of carbonyl (C=O) groups excluding carboxylic acids is 2. The summed E-state index contributed by atoms with van der Waals surface area (Å²) in [6.07, 6.45) is 0.181. The second kappa shape index (κ2) is 5.64. The van der Waals surface area contributed by atoms with Crippen LogP contribution < -0.4 is 10.2 Å². The number of rotatable bonds is 3. The van der Waals surface area contributed by atoms with Gasteiger partial charge in [-0.25, -0.2) is 4.90 Å². The van der Waals surface area contributed by atoms with E-state index in [0.29, 0.717) is 5.69 Å². The summed E-state index contributed by atoms with van der Waals surface area (Å²) in [6.45, 7) is 3.98. The summed E-state index contributed by atoms with van der Waals surface area (Å²) >= 11 is 0. The highest BCUT2D eigenvalue weighted by Gasteiger charge is 2.39. The third-order valence-electron chi connectivity index (χ3n) is 3.83. The van der Waals surface area contributed by atoms with E-state index in [4.69, 9.17) is 0 Å². The van der Waals surface area contributed by atoms with Gasteiger partial charge in [-0.15, -0.1) is 0 Å². The molecule has 1 N–H and O–H groups in total. The van der Waals surface area contributed by atoms with Crippen molar-refractivity contribution in [2.75, 3.05) is 10.2 Å². The fourth-order valence-corrected chi connectivity index (χ4v) is 2.56. The van der Waals surface area contributed by atoms with Crippen molar-refractivity contribution in [3.8, 4) is 0 Å². The van der Waals surface area contributed by atoms with Crippen LogP contribution in [0.2, 0.25) is 0 Å². The molecule has 0 bridgehead atoms. The maximum absolute atomic E-state index is 12.5. The first-order valence-electron chi connectivity index (χ1n) is 7.31. The van der Waals surface area contributed by atoms with Crippen molar-refractivity contribution in [2.24, 2.45) is 0 Å². The second-order valence-electron chi connectivity index (χ2n) is 5.67. The summed E-state index contributed by atoms with van der Waals surface area (Å²) in [5.74, 6) is -0.368. The molecule has 4 heteroatoms. The molecule has 3 rings (SSSR count). The molecule has 0 aromatic heterocycles. The van der Waals surface area contributed by atoms with Gasteiger partial charge in [-0.05, 0) is 38.1 Å². The summed E-state index contributed by atoms with van der Waals surface area (Å²) < 4.78 is 0. The van der Waals surface area contributed by atoms with E-state index < -0.39 is 6.04 Å². The number of amides is 2. The molecule has 0 unspecified atom stereocenters. The van der Waals surface area contributed by atoms with E-state index in [0.717, 1.165) is 16.8 Å². The van der Waals surface area contributed by atoms with E-state index in [-0.39, 0.29) is 18.2 Å². The molecule has 2 aromatic carbocycles. The van der Waals surface area contributed by atoms with E-state index in [1.54, 1.807) is 12.1 Å². The maximum atomic E-state index is 12.5. The smallest absolute Gasteiger partial charge is 0.256 e. The van der Waals surface area contributed by atoms with Crippen molar-refractivity contribution in [2.45, 2.75) is 26.3 Å². The van der Waals surface area contributed by atoms with Crippen LogP contribution in [-0.2, 0) is 9.59 Å². The zero-order chi connectivity index (χ0) is 15.7. The summed E-state index contributed by atoms with van der Waals surface area (Å²) in [5, 5.41) is 3.15. The highest BCUT2D eigenvalue weighted by molar-refractivity contribution is 6.23. The Balaban J connectivity index is 1.79. The standard InChI is InChI=1S/C18H18N2O2/c1-12-3-7-14(8-4-12)19-16-11-17(21)20(18(16)22)15-9-5-13(2)6-10-15/h3-10,16,19H,11H2,1-2H3/t16-/m1/s1. The Morgan fingerprint density at radius 1 is 0.909 bits per heavy atom. The van der Waals surface area contributed by atoms with Gasteiger partial charge in [0.05, 0.1) is 12.1 Å². The first-order valence-corrected chi connectivity index (χ1v) is 7.31. The molecule has 2 amide bonds. The molecule has 0 saturated carbocycles. The molecule has 1 aliphatic rings. The molecule has 4 nitrogen and oxygen atoms in total. The van der Waals surface area contributed by atoms with Gasteiger partial charge in [0.2, 0.25) is 5.91 Å². The summed E-state index contributed by atoms with van der Waals surface area (Å²) in [7, 11) is 0. The van der Waals surface area contributed by atoms with Crippen LogP contribution in [0.15, 0.2) is 48.5 Å². The van der Waals surface area contributed by atoms with E-state index in [9.17, 15) is 9.59 Å². The van der Waals surface area contributed by atoms with Crippen molar-refractivity contribution in [1.82, 2.24) is 0 Å². The van der Waals surface area contributed by atoms with Gasteiger partial charge < -0.3 is 5.32 Å². The predicted octanol–water partition coefficient (Wildman–Crippen LogP) is 3.05. The lowest BCUT2D eigenvalue weighted by Crippen LogP contribution is -2.34. The van der Waals surface area contributed by atoms with Gasteiger partial charge in [0.25, 0.3) is 5.91 Å². The molecule has 0 aliphatic carbocycles. The Bertz CT molecular complexity index is 705. The van der Waals surface area contributed by atoms with Gasteiger partial charge in [-0.1, -0.05) is 35.4 Å². The number of carbonyl (C=O) groups is 2. The monoisotopic (exact) mass is 294 g/mol. The lowest BCUT2D eigenvalue weighted by atomic mass is 10.2. The topological polar surface area (TPSA) is 49.4 Å². The number of nitrogens with one attached hydrogen (secondary N) is 1. The molecule has 0 radical (unpaired) electrons. The Hall–Kier alpha value is -2.62. The summed E-state index contributed by atoms with van der Waals surface area (Å²) in [6, 6.07) is 14.7. The molecular formula is C18H18N2O2. The quantitative estimate of drug-likeness (QED) is 0.885. The molecule has 1 saturated heterocycles. The van der Waals surface area contributed by atoms with Crippen LogP contribution in [0, 0.1) is 13.8 Å². The second-order valence-corrected chi connectivity index (χ2v) is 5.67. The normalized spacial score (nSPS) is 17.9. The number of benzene rings is 2. The molecular weight excluding hydrogens is 276 g/mol. The minimum absolute atomic E-state index is 0.168. The number of anilines is 2. The van der Waals surface area contributed by atoms with Crippen molar-refractivity contribution < 1.29 is 9.59 Å². The molecule has 2 aromatic rings. The highest BCUT2D eigenvalue weighted by Crippen LogP contribution is 2.25. The Labute approximate surface area is 129 Å². The Morgan fingerprint density at radius 2 is 1.45 bits per heavy atom. The van der Waals surface area contributed by atoms with Crippen LogP contribution in [0.5, 0.6) is 0 Å². The van der Waals surface area contributed by atoms with Crippen molar-refractivity contribution in [3.63, 3.8) is 0 Å².